The zero-order valence-corrected chi connectivity index (χ0v) is 10.6. The van der Waals surface area contributed by atoms with E-state index in [-0.39, 0.29) is 5.84 Å². The first kappa shape index (κ1) is 12.0. The molecule has 0 spiro atoms. The van der Waals surface area contributed by atoms with E-state index in [4.69, 9.17) is 10.9 Å². The lowest BCUT2D eigenvalue weighted by molar-refractivity contribution is 0.318. The number of amidine groups is 1. The van der Waals surface area contributed by atoms with Crippen LogP contribution in [0.15, 0.2) is 17.3 Å². The molecule has 3 N–H and O–H groups in total. The maximum Gasteiger partial charge on any atom is 0.170 e. The summed E-state index contributed by atoms with van der Waals surface area (Å²) in [6.45, 7) is 3.91. The molecular weight excluding hydrogens is 236 g/mol. The Kier molecular flexibility index (Phi) is 3.73. The maximum atomic E-state index is 8.71. The predicted molar refractivity (Wildman–Crippen MR) is 71.0 cm³/mol. The molecule has 0 saturated carbocycles. The summed E-state index contributed by atoms with van der Waals surface area (Å²) in [5, 5.41) is 11.7. The van der Waals surface area contributed by atoms with Crippen LogP contribution in [0, 0.1) is 6.92 Å². The third-order valence-electron chi connectivity index (χ3n) is 2.68. The third kappa shape index (κ3) is 2.82. The molecule has 1 fully saturated rings. The number of pyridine rings is 1. The van der Waals surface area contributed by atoms with E-state index >= 15 is 0 Å². The smallest absolute Gasteiger partial charge is 0.170 e. The van der Waals surface area contributed by atoms with Crippen molar-refractivity contribution in [3.05, 3.63) is 23.4 Å². The van der Waals surface area contributed by atoms with Crippen molar-refractivity contribution in [2.45, 2.75) is 6.92 Å². The molecule has 2 rings (SSSR count). The van der Waals surface area contributed by atoms with E-state index in [2.05, 4.69) is 15.0 Å². The number of aromatic nitrogens is 1. The van der Waals surface area contributed by atoms with Crippen LogP contribution in [0.25, 0.3) is 0 Å². The molecule has 0 aliphatic carbocycles. The van der Waals surface area contributed by atoms with Gasteiger partial charge in [-0.3, -0.25) is 0 Å². The Morgan fingerprint density at radius 1 is 1.47 bits per heavy atom. The van der Waals surface area contributed by atoms with Gasteiger partial charge in [0.15, 0.2) is 5.84 Å². The highest BCUT2D eigenvalue weighted by atomic mass is 32.2. The average Bonchev–Trinajstić information content (AvgIpc) is 2.38. The summed E-state index contributed by atoms with van der Waals surface area (Å²) in [7, 11) is 0. The molecule has 1 aliphatic rings. The molecule has 0 atom stereocenters. The fraction of sp³-hybridized carbons (Fsp3) is 0.455. The minimum Gasteiger partial charge on any atom is -0.409 e. The molecule has 0 bridgehead atoms. The highest BCUT2D eigenvalue weighted by Gasteiger charge is 2.14. The molecule has 0 radical (unpaired) electrons. The highest BCUT2D eigenvalue weighted by molar-refractivity contribution is 7.99. The van der Waals surface area contributed by atoms with Gasteiger partial charge in [0.25, 0.3) is 0 Å². The first-order valence-corrected chi connectivity index (χ1v) is 6.65. The Hall–Kier alpha value is -1.43. The molecule has 1 aromatic heterocycles. The SMILES string of the molecule is Cc1cc(/C(N)=N/O)cc(N2CCSCC2)n1. The van der Waals surface area contributed by atoms with Gasteiger partial charge in [0.2, 0.25) is 0 Å². The lowest BCUT2D eigenvalue weighted by Crippen LogP contribution is -2.33. The molecule has 17 heavy (non-hydrogen) atoms. The van der Waals surface area contributed by atoms with Crippen molar-refractivity contribution in [1.29, 1.82) is 0 Å². The van der Waals surface area contributed by atoms with Gasteiger partial charge in [-0.15, -0.1) is 0 Å². The predicted octanol–water partition coefficient (Wildman–Crippen LogP) is 1.04. The summed E-state index contributed by atoms with van der Waals surface area (Å²) in [5.74, 6) is 3.28. The molecule has 0 unspecified atom stereocenters. The van der Waals surface area contributed by atoms with Gasteiger partial charge in [0.1, 0.15) is 5.82 Å². The normalized spacial score (nSPS) is 17.2. The number of anilines is 1. The summed E-state index contributed by atoms with van der Waals surface area (Å²) in [4.78, 5) is 6.73. The van der Waals surface area contributed by atoms with E-state index < -0.39 is 0 Å². The van der Waals surface area contributed by atoms with Crippen LogP contribution in [0.2, 0.25) is 0 Å². The van der Waals surface area contributed by atoms with Gasteiger partial charge in [-0.25, -0.2) is 4.98 Å². The Bertz CT molecular complexity index is 429. The summed E-state index contributed by atoms with van der Waals surface area (Å²) >= 11 is 1.95. The molecule has 6 heteroatoms. The molecule has 0 aromatic carbocycles. The molecule has 92 valence electrons. The first-order valence-electron chi connectivity index (χ1n) is 5.50. The standard InChI is InChI=1S/C11H16N4OS/c1-8-6-9(11(12)14-16)7-10(13-8)15-2-4-17-5-3-15/h6-7,16H,2-5H2,1H3,(H2,12,14). The number of rotatable bonds is 2. The Labute approximate surface area is 105 Å². The fourth-order valence-corrected chi connectivity index (χ4v) is 2.71. The summed E-state index contributed by atoms with van der Waals surface area (Å²) < 4.78 is 0. The quantitative estimate of drug-likeness (QED) is 0.356. The number of nitrogens with two attached hydrogens (primary N) is 1. The summed E-state index contributed by atoms with van der Waals surface area (Å²) in [5.41, 5.74) is 7.20. The van der Waals surface area contributed by atoms with Crippen LogP contribution in [-0.4, -0.2) is 40.6 Å². The van der Waals surface area contributed by atoms with Crippen LogP contribution >= 0.6 is 11.8 Å². The zero-order valence-electron chi connectivity index (χ0n) is 9.76. The van der Waals surface area contributed by atoms with Crippen molar-refractivity contribution in [3.8, 4) is 0 Å². The molecule has 0 amide bonds. The van der Waals surface area contributed by atoms with Crippen molar-refractivity contribution in [1.82, 2.24) is 4.98 Å². The number of thioether (sulfide) groups is 1. The van der Waals surface area contributed by atoms with Crippen molar-refractivity contribution in [2.24, 2.45) is 10.9 Å². The van der Waals surface area contributed by atoms with Crippen LogP contribution < -0.4 is 10.6 Å². The van der Waals surface area contributed by atoms with Crippen LogP contribution in [-0.2, 0) is 0 Å². The molecule has 1 saturated heterocycles. The van der Waals surface area contributed by atoms with Gasteiger partial charge in [0, 0.05) is 35.9 Å². The lowest BCUT2D eigenvalue weighted by atomic mass is 10.2. The van der Waals surface area contributed by atoms with Gasteiger partial charge >= 0.3 is 0 Å². The van der Waals surface area contributed by atoms with Crippen molar-refractivity contribution < 1.29 is 5.21 Å². The largest absolute Gasteiger partial charge is 0.409 e. The summed E-state index contributed by atoms with van der Waals surface area (Å²) in [6.07, 6.45) is 0. The Balaban J connectivity index is 2.30. The average molecular weight is 252 g/mol. The molecule has 5 nitrogen and oxygen atoms in total. The van der Waals surface area contributed by atoms with Gasteiger partial charge in [-0.1, -0.05) is 5.16 Å². The topological polar surface area (TPSA) is 74.7 Å². The van der Waals surface area contributed by atoms with Crippen LogP contribution in [0.3, 0.4) is 0 Å². The van der Waals surface area contributed by atoms with E-state index in [0.29, 0.717) is 5.56 Å². The number of oxime groups is 1. The van der Waals surface area contributed by atoms with E-state index in [9.17, 15) is 0 Å². The van der Waals surface area contributed by atoms with E-state index in [1.165, 1.54) is 0 Å². The number of hydrogen-bond donors (Lipinski definition) is 2. The van der Waals surface area contributed by atoms with Crippen LogP contribution in [0.5, 0.6) is 0 Å². The van der Waals surface area contributed by atoms with Crippen molar-refractivity contribution >= 4 is 23.4 Å². The van der Waals surface area contributed by atoms with Gasteiger partial charge in [-0.2, -0.15) is 11.8 Å². The number of hydrogen-bond acceptors (Lipinski definition) is 5. The number of aryl methyl sites for hydroxylation is 1. The Morgan fingerprint density at radius 3 is 2.82 bits per heavy atom. The zero-order chi connectivity index (χ0) is 12.3. The fourth-order valence-electron chi connectivity index (χ4n) is 1.81. The number of nitrogens with zero attached hydrogens (tertiary/aromatic N) is 3. The molecule has 2 heterocycles. The highest BCUT2D eigenvalue weighted by Crippen LogP contribution is 2.19. The van der Waals surface area contributed by atoms with E-state index in [0.717, 1.165) is 36.1 Å². The Morgan fingerprint density at radius 2 is 2.18 bits per heavy atom. The monoisotopic (exact) mass is 252 g/mol. The second-order valence-corrected chi connectivity index (χ2v) is 5.16. The van der Waals surface area contributed by atoms with Gasteiger partial charge in [-0.05, 0) is 19.1 Å². The third-order valence-corrected chi connectivity index (χ3v) is 3.62. The van der Waals surface area contributed by atoms with E-state index in [1.54, 1.807) is 0 Å². The second kappa shape index (κ2) is 5.27. The maximum absolute atomic E-state index is 8.71. The minimum absolute atomic E-state index is 0.128. The van der Waals surface area contributed by atoms with Crippen molar-refractivity contribution in [3.63, 3.8) is 0 Å². The lowest BCUT2D eigenvalue weighted by Gasteiger charge is -2.28. The van der Waals surface area contributed by atoms with Crippen LogP contribution in [0.1, 0.15) is 11.3 Å². The van der Waals surface area contributed by atoms with Gasteiger partial charge in [0.05, 0.1) is 0 Å². The first-order chi connectivity index (χ1) is 8.20. The molecular formula is C11H16N4OS. The van der Waals surface area contributed by atoms with Crippen molar-refractivity contribution in [2.75, 3.05) is 29.5 Å². The molecule has 1 aromatic rings. The second-order valence-electron chi connectivity index (χ2n) is 3.94. The van der Waals surface area contributed by atoms with E-state index in [1.807, 2.05) is 30.8 Å². The minimum atomic E-state index is 0.128. The van der Waals surface area contributed by atoms with Crippen LogP contribution in [0.4, 0.5) is 5.82 Å². The summed E-state index contributed by atoms with van der Waals surface area (Å²) in [6, 6.07) is 3.69. The molecule has 1 aliphatic heterocycles. The van der Waals surface area contributed by atoms with Gasteiger partial charge < -0.3 is 15.8 Å².